The second kappa shape index (κ2) is 7.75. The lowest BCUT2D eigenvalue weighted by Gasteiger charge is -2.14. The summed E-state index contributed by atoms with van der Waals surface area (Å²) in [5.41, 5.74) is 2.29. The first-order valence-electron chi connectivity index (χ1n) is 9.27. The van der Waals surface area contributed by atoms with Gasteiger partial charge in [0.25, 0.3) is 0 Å². The minimum Gasteiger partial charge on any atom is -0.325 e. The Labute approximate surface area is 167 Å². The van der Waals surface area contributed by atoms with Gasteiger partial charge in [-0.25, -0.2) is 4.39 Å². The SMILES string of the molecule is Cc1cccc(NC(=O)[C@H](C)Sc2nnc(-c3ccccc3F)n2C2CC2)c1. The first-order valence-corrected chi connectivity index (χ1v) is 10.1. The topological polar surface area (TPSA) is 59.8 Å². The molecule has 1 amide bonds. The number of aryl methyl sites for hydroxylation is 1. The van der Waals surface area contributed by atoms with Crippen molar-refractivity contribution in [3.05, 3.63) is 59.9 Å². The first-order chi connectivity index (χ1) is 13.5. The number of amides is 1. The number of thioether (sulfide) groups is 1. The molecular formula is C21H21FN4OS. The number of anilines is 1. The number of aromatic nitrogens is 3. The van der Waals surface area contributed by atoms with E-state index in [0.29, 0.717) is 16.5 Å². The molecule has 1 aromatic heterocycles. The van der Waals surface area contributed by atoms with Crippen LogP contribution in [0.4, 0.5) is 10.1 Å². The fourth-order valence-electron chi connectivity index (χ4n) is 3.02. The fourth-order valence-corrected chi connectivity index (χ4v) is 3.94. The highest BCUT2D eigenvalue weighted by Gasteiger charge is 2.32. The lowest BCUT2D eigenvalue weighted by atomic mass is 10.2. The van der Waals surface area contributed by atoms with Crippen molar-refractivity contribution in [2.75, 3.05) is 5.32 Å². The summed E-state index contributed by atoms with van der Waals surface area (Å²) in [5.74, 6) is 0.0985. The molecule has 0 radical (unpaired) electrons. The van der Waals surface area contributed by atoms with Crippen LogP contribution in [0.1, 0.15) is 31.4 Å². The van der Waals surface area contributed by atoms with Crippen molar-refractivity contribution in [2.24, 2.45) is 0 Å². The maximum Gasteiger partial charge on any atom is 0.237 e. The van der Waals surface area contributed by atoms with Crippen LogP contribution in [0.5, 0.6) is 0 Å². The molecule has 5 nitrogen and oxygen atoms in total. The van der Waals surface area contributed by atoms with Gasteiger partial charge in [0.2, 0.25) is 5.91 Å². The van der Waals surface area contributed by atoms with Crippen molar-refractivity contribution in [3.63, 3.8) is 0 Å². The van der Waals surface area contributed by atoms with Gasteiger partial charge in [-0.2, -0.15) is 0 Å². The van der Waals surface area contributed by atoms with Crippen molar-refractivity contribution in [1.29, 1.82) is 0 Å². The van der Waals surface area contributed by atoms with E-state index >= 15 is 0 Å². The van der Waals surface area contributed by atoms with E-state index in [1.165, 1.54) is 17.8 Å². The number of hydrogen-bond acceptors (Lipinski definition) is 4. The van der Waals surface area contributed by atoms with Crippen LogP contribution in [0.25, 0.3) is 11.4 Å². The molecule has 1 aliphatic rings. The van der Waals surface area contributed by atoms with Crippen LogP contribution in [-0.4, -0.2) is 25.9 Å². The predicted octanol–water partition coefficient (Wildman–Crippen LogP) is 4.85. The van der Waals surface area contributed by atoms with Crippen LogP contribution in [0, 0.1) is 12.7 Å². The van der Waals surface area contributed by atoms with Gasteiger partial charge in [-0.05, 0) is 56.5 Å². The highest BCUT2D eigenvalue weighted by molar-refractivity contribution is 8.00. The van der Waals surface area contributed by atoms with E-state index in [1.807, 2.05) is 42.7 Å². The Morgan fingerprint density at radius 1 is 1.21 bits per heavy atom. The van der Waals surface area contributed by atoms with Gasteiger partial charge in [0.1, 0.15) is 5.82 Å². The third kappa shape index (κ3) is 3.94. The summed E-state index contributed by atoms with van der Waals surface area (Å²) >= 11 is 1.35. The highest BCUT2D eigenvalue weighted by Crippen LogP contribution is 2.42. The molecule has 1 aliphatic carbocycles. The summed E-state index contributed by atoms with van der Waals surface area (Å²) in [4.78, 5) is 12.6. The van der Waals surface area contributed by atoms with Crippen molar-refractivity contribution >= 4 is 23.4 Å². The number of rotatable bonds is 6. The summed E-state index contributed by atoms with van der Waals surface area (Å²) in [7, 11) is 0. The molecule has 1 heterocycles. The third-order valence-electron chi connectivity index (χ3n) is 4.63. The van der Waals surface area contributed by atoms with Crippen LogP contribution < -0.4 is 5.32 Å². The number of benzene rings is 2. The largest absolute Gasteiger partial charge is 0.325 e. The summed E-state index contributed by atoms with van der Waals surface area (Å²) < 4.78 is 16.2. The average molecular weight is 396 g/mol. The molecule has 0 spiro atoms. The Morgan fingerprint density at radius 3 is 2.71 bits per heavy atom. The maximum absolute atomic E-state index is 14.3. The molecule has 0 aliphatic heterocycles. The summed E-state index contributed by atoms with van der Waals surface area (Å²) in [6.45, 7) is 3.82. The van der Waals surface area contributed by atoms with Crippen molar-refractivity contribution < 1.29 is 9.18 Å². The molecule has 0 unspecified atom stereocenters. The zero-order chi connectivity index (χ0) is 19.7. The smallest absolute Gasteiger partial charge is 0.237 e. The van der Waals surface area contributed by atoms with E-state index in [-0.39, 0.29) is 23.0 Å². The van der Waals surface area contributed by atoms with E-state index in [4.69, 9.17) is 0 Å². The average Bonchev–Trinajstić information content (AvgIpc) is 3.43. The number of nitrogens with one attached hydrogen (secondary N) is 1. The van der Waals surface area contributed by atoms with E-state index < -0.39 is 0 Å². The van der Waals surface area contributed by atoms with Crippen LogP contribution in [0.2, 0.25) is 0 Å². The molecule has 3 aromatic rings. The second-order valence-electron chi connectivity index (χ2n) is 7.01. The number of hydrogen-bond donors (Lipinski definition) is 1. The lowest BCUT2D eigenvalue weighted by Crippen LogP contribution is -2.23. The highest BCUT2D eigenvalue weighted by atomic mass is 32.2. The van der Waals surface area contributed by atoms with Gasteiger partial charge in [0.05, 0.1) is 10.8 Å². The fraction of sp³-hybridized carbons (Fsp3) is 0.286. The number of carbonyl (C=O) groups is 1. The minimum absolute atomic E-state index is 0.103. The summed E-state index contributed by atoms with van der Waals surface area (Å²) in [6.07, 6.45) is 2.02. The van der Waals surface area contributed by atoms with Gasteiger partial charge < -0.3 is 5.32 Å². The Bertz CT molecular complexity index is 1020. The zero-order valence-electron chi connectivity index (χ0n) is 15.7. The Balaban J connectivity index is 1.55. The molecule has 1 atom stereocenters. The first kappa shape index (κ1) is 18.7. The van der Waals surface area contributed by atoms with Gasteiger partial charge >= 0.3 is 0 Å². The normalized spacial score (nSPS) is 14.7. The predicted molar refractivity (Wildman–Crippen MR) is 109 cm³/mol. The molecule has 144 valence electrons. The van der Waals surface area contributed by atoms with Gasteiger partial charge in [0, 0.05) is 11.7 Å². The number of nitrogens with zero attached hydrogens (tertiary/aromatic N) is 3. The molecule has 1 N–H and O–H groups in total. The van der Waals surface area contributed by atoms with Crippen LogP contribution in [0.3, 0.4) is 0 Å². The van der Waals surface area contributed by atoms with E-state index in [9.17, 15) is 9.18 Å². The van der Waals surface area contributed by atoms with Crippen LogP contribution >= 0.6 is 11.8 Å². The molecule has 2 aromatic carbocycles. The van der Waals surface area contributed by atoms with E-state index in [1.54, 1.807) is 18.2 Å². The Hall–Kier alpha value is -2.67. The molecule has 7 heteroatoms. The standard InChI is InChI=1S/C21H21FN4OS/c1-13-6-5-7-15(12-13)23-20(27)14(2)28-21-25-24-19(26(21)16-10-11-16)17-8-3-4-9-18(17)22/h3-9,12,14,16H,10-11H2,1-2H3,(H,23,27)/t14-/m0/s1. The van der Waals surface area contributed by atoms with Crippen LogP contribution in [-0.2, 0) is 4.79 Å². The number of halogens is 1. The Morgan fingerprint density at radius 2 is 2.00 bits per heavy atom. The van der Waals surface area contributed by atoms with Crippen molar-refractivity contribution in [1.82, 2.24) is 14.8 Å². The van der Waals surface area contributed by atoms with Gasteiger partial charge in [-0.1, -0.05) is 36.0 Å². The molecule has 28 heavy (non-hydrogen) atoms. The lowest BCUT2D eigenvalue weighted by molar-refractivity contribution is -0.115. The molecule has 1 saturated carbocycles. The third-order valence-corrected chi connectivity index (χ3v) is 5.69. The van der Waals surface area contributed by atoms with Crippen LogP contribution in [0.15, 0.2) is 53.7 Å². The van der Waals surface area contributed by atoms with Crippen molar-refractivity contribution in [2.45, 2.75) is 43.1 Å². The monoisotopic (exact) mass is 396 g/mol. The molecular weight excluding hydrogens is 375 g/mol. The van der Waals surface area contributed by atoms with Gasteiger partial charge in [-0.15, -0.1) is 10.2 Å². The molecule has 0 saturated heterocycles. The van der Waals surface area contributed by atoms with E-state index in [2.05, 4.69) is 15.5 Å². The van der Waals surface area contributed by atoms with Gasteiger partial charge in [-0.3, -0.25) is 9.36 Å². The maximum atomic E-state index is 14.3. The van der Waals surface area contributed by atoms with E-state index in [0.717, 1.165) is 24.1 Å². The Kier molecular flexibility index (Phi) is 5.17. The number of carbonyl (C=O) groups excluding carboxylic acids is 1. The summed E-state index contributed by atoms with van der Waals surface area (Å²) in [6, 6.07) is 14.5. The zero-order valence-corrected chi connectivity index (χ0v) is 16.5. The molecule has 4 rings (SSSR count). The van der Waals surface area contributed by atoms with Crippen molar-refractivity contribution in [3.8, 4) is 11.4 Å². The molecule has 1 fully saturated rings. The summed E-state index contributed by atoms with van der Waals surface area (Å²) in [5, 5.41) is 11.7. The van der Waals surface area contributed by atoms with Gasteiger partial charge in [0.15, 0.2) is 11.0 Å². The second-order valence-corrected chi connectivity index (χ2v) is 8.31. The quantitative estimate of drug-likeness (QED) is 0.605. The minimum atomic E-state index is -0.365. The molecule has 0 bridgehead atoms.